The van der Waals surface area contributed by atoms with Crippen LogP contribution in [0.1, 0.15) is 18.4 Å². The van der Waals surface area contributed by atoms with E-state index < -0.39 is 0 Å². The lowest BCUT2D eigenvalue weighted by Crippen LogP contribution is -2.35. The van der Waals surface area contributed by atoms with Crippen molar-refractivity contribution in [3.05, 3.63) is 29.8 Å². The van der Waals surface area contributed by atoms with Gasteiger partial charge in [-0.3, -0.25) is 0 Å². The lowest BCUT2D eigenvalue weighted by molar-refractivity contribution is 0.282. The number of nitrogens with one attached hydrogen (secondary N) is 2. The molecule has 3 heteroatoms. The van der Waals surface area contributed by atoms with Gasteiger partial charge in [-0.25, -0.2) is 0 Å². The zero-order valence-corrected chi connectivity index (χ0v) is 8.87. The van der Waals surface area contributed by atoms with Crippen molar-refractivity contribution in [3.8, 4) is 0 Å². The quantitative estimate of drug-likeness (QED) is 0.699. The molecule has 0 aliphatic carbocycles. The number of hydrogen-bond donors (Lipinski definition) is 3. The summed E-state index contributed by atoms with van der Waals surface area (Å²) in [6.45, 7) is 2.30. The van der Waals surface area contributed by atoms with Crippen LogP contribution in [0.25, 0.3) is 0 Å². The van der Waals surface area contributed by atoms with Gasteiger partial charge in [0.1, 0.15) is 0 Å². The second kappa shape index (κ2) is 5.14. The summed E-state index contributed by atoms with van der Waals surface area (Å²) < 4.78 is 0. The molecule has 0 amide bonds. The first-order valence-electron chi connectivity index (χ1n) is 5.55. The molecule has 15 heavy (non-hydrogen) atoms. The third kappa shape index (κ3) is 2.94. The van der Waals surface area contributed by atoms with Gasteiger partial charge in [-0.1, -0.05) is 12.1 Å². The third-order valence-corrected chi connectivity index (χ3v) is 2.82. The molecule has 1 aliphatic heterocycles. The van der Waals surface area contributed by atoms with Crippen LogP contribution < -0.4 is 10.6 Å². The highest BCUT2D eigenvalue weighted by molar-refractivity contribution is 5.46. The maximum atomic E-state index is 9.03. The Hall–Kier alpha value is -1.06. The van der Waals surface area contributed by atoms with Gasteiger partial charge in [-0.15, -0.1) is 0 Å². The topological polar surface area (TPSA) is 44.3 Å². The van der Waals surface area contributed by atoms with Crippen LogP contribution in [0.15, 0.2) is 24.3 Å². The molecule has 0 aromatic heterocycles. The lowest BCUT2D eigenvalue weighted by atomic mass is 10.1. The minimum atomic E-state index is 0.113. The molecular weight excluding hydrogens is 188 g/mol. The standard InChI is InChI=1S/C12H18N2O/c15-9-10-2-1-3-12(8-10)14-11-4-6-13-7-5-11/h1-3,8,11,13-15H,4-7,9H2. The first-order chi connectivity index (χ1) is 7.38. The van der Waals surface area contributed by atoms with Crippen LogP contribution in [0.2, 0.25) is 0 Å². The summed E-state index contributed by atoms with van der Waals surface area (Å²) in [5.74, 6) is 0. The molecule has 0 atom stereocenters. The van der Waals surface area contributed by atoms with Crippen LogP contribution in [0.4, 0.5) is 5.69 Å². The second-order valence-corrected chi connectivity index (χ2v) is 4.03. The van der Waals surface area contributed by atoms with E-state index in [4.69, 9.17) is 5.11 Å². The molecular formula is C12H18N2O. The van der Waals surface area contributed by atoms with E-state index in [-0.39, 0.29) is 6.61 Å². The highest BCUT2D eigenvalue weighted by atomic mass is 16.3. The molecule has 0 bridgehead atoms. The minimum absolute atomic E-state index is 0.113. The van der Waals surface area contributed by atoms with Crippen LogP contribution in [0, 0.1) is 0 Å². The fraction of sp³-hybridized carbons (Fsp3) is 0.500. The van der Waals surface area contributed by atoms with Crippen molar-refractivity contribution in [2.24, 2.45) is 0 Å². The monoisotopic (exact) mass is 206 g/mol. The fourth-order valence-corrected chi connectivity index (χ4v) is 1.96. The molecule has 2 rings (SSSR count). The van der Waals surface area contributed by atoms with Gasteiger partial charge in [0.05, 0.1) is 6.61 Å². The smallest absolute Gasteiger partial charge is 0.0682 e. The Kier molecular flexibility index (Phi) is 3.59. The Morgan fingerprint density at radius 2 is 2.13 bits per heavy atom. The van der Waals surface area contributed by atoms with Gasteiger partial charge in [0.15, 0.2) is 0 Å². The van der Waals surface area contributed by atoms with E-state index in [9.17, 15) is 0 Å². The van der Waals surface area contributed by atoms with Gasteiger partial charge in [0.2, 0.25) is 0 Å². The van der Waals surface area contributed by atoms with Gasteiger partial charge >= 0.3 is 0 Å². The number of anilines is 1. The number of benzene rings is 1. The SMILES string of the molecule is OCc1cccc(NC2CCNCC2)c1. The summed E-state index contributed by atoms with van der Waals surface area (Å²) in [6, 6.07) is 8.56. The molecule has 0 radical (unpaired) electrons. The molecule has 0 saturated carbocycles. The fourth-order valence-electron chi connectivity index (χ4n) is 1.96. The lowest BCUT2D eigenvalue weighted by Gasteiger charge is -2.24. The highest BCUT2D eigenvalue weighted by Crippen LogP contribution is 2.15. The van der Waals surface area contributed by atoms with Crippen molar-refractivity contribution in [3.63, 3.8) is 0 Å². The summed E-state index contributed by atoms with van der Waals surface area (Å²) in [6.07, 6.45) is 2.34. The first-order valence-corrected chi connectivity index (χ1v) is 5.55. The van der Waals surface area contributed by atoms with Gasteiger partial charge in [0, 0.05) is 11.7 Å². The van der Waals surface area contributed by atoms with Crippen molar-refractivity contribution in [1.29, 1.82) is 0 Å². The molecule has 82 valence electrons. The summed E-state index contributed by atoms with van der Waals surface area (Å²) >= 11 is 0. The molecule has 1 heterocycles. The van der Waals surface area contributed by atoms with E-state index in [1.807, 2.05) is 18.2 Å². The van der Waals surface area contributed by atoms with Crippen molar-refractivity contribution in [1.82, 2.24) is 5.32 Å². The second-order valence-electron chi connectivity index (χ2n) is 4.03. The zero-order valence-electron chi connectivity index (χ0n) is 8.87. The van der Waals surface area contributed by atoms with Gasteiger partial charge in [-0.05, 0) is 43.6 Å². The first kappa shape index (κ1) is 10.5. The van der Waals surface area contributed by atoms with E-state index >= 15 is 0 Å². The highest BCUT2D eigenvalue weighted by Gasteiger charge is 2.12. The van der Waals surface area contributed by atoms with Crippen molar-refractivity contribution < 1.29 is 5.11 Å². The van der Waals surface area contributed by atoms with Crippen LogP contribution >= 0.6 is 0 Å². The molecule has 1 aliphatic rings. The van der Waals surface area contributed by atoms with E-state index in [1.54, 1.807) is 0 Å². The van der Waals surface area contributed by atoms with Crippen molar-refractivity contribution >= 4 is 5.69 Å². The number of hydrogen-bond acceptors (Lipinski definition) is 3. The Balaban J connectivity index is 1.96. The maximum absolute atomic E-state index is 9.03. The number of rotatable bonds is 3. The molecule has 1 aromatic rings. The van der Waals surface area contributed by atoms with Crippen LogP contribution in [-0.2, 0) is 6.61 Å². The predicted octanol–water partition coefficient (Wildman–Crippen LogP) is 1.34. The van der Waals surface area contributed by atoms with Crippen LogP contribution in [0.3, 0.4) is 0 Å². The Bertz CT molecular complexity index is 308. The predicted molar refractivity (Wildman–Crippen MR) is 61.9 cm³/mol. The summed E-state index contributed by atoms with van der Waals surface area (Å²) in [5, 5.41) is 15.9. The zero-order chi connectivity index (χ0) is 10.5. The Labute approximate surface area is 90.5 Å². The maximum Gasteiger partial charge on any atom is 0.0682 e. The van der Waals surface area contributed by atoms with Crippen LogP contribution in [0.5, 0.6) is 0 Å². The third-order valence-electron chi connectivity index (χ3n) is 2.82. The molecule has 1 aromatic carbocycles. The normalized spacial score (nSPS) is 17.7. The van der Waals surface area contributed by atoms with E-state index in [0.29, 0.717) is 6.04 Å². The minimum Gasteiger partial charge on any atom is -0.392 e. The summed E-state index contributed by atoms with van der Waals surface area (Å²) in [4.78, 5) is 0. The Morgan fingerprint density at radius 3 is 2.87 bits per heavy atom. The molecule has 3 nitrogen and oxygen atoms in total. The molecule has 0 spiro atoms. The molecule has 3 N–H and O–H groups in total. The van der Waals surface area contributed by atoms with Crippen LogP contribution in [-0.4, -0.2) is 24.2 Å². The van der Waals surface area contributed by atoms with Gasteiger partial charge in [0.25, 0.3) is 0 Å². The number of aliphatic hydroxyl groups excluding tert-OH is 1. The van der Waals surface area contributed by atoms with E-state index in [0.717, 1.165) is 24.3 Å². The molecule has 0 unspecified atom stereocenters. The average Bonchev–Trinajstić information content (AvgIpc) is 2.31. The largest absolute Gasteiger partial charge is 0.392 e. The average molecular weight is 206 g/mol. The van der Waals surface area contributed by atoms with Gasteiger partial charge < -0.3 is 15.7 Å². The van der Waals surface area contributed by atoms with Crippen molar-refractivity contribution in [2.45, 2.75) is 25.5 Å². The number of piperidine rings is 1. The molecule has 1 fully saturated rings. The molecule has 1 saturated heterocycles. The van der Waals surface area contributed by atoms with Gasteiger partial charge in [-0.2, -0.15) is 0 Å². The van der Waals surface area contributed by atoms with E-state index in [1.165, 1.54) is 12.8 Å². The number of aliphatic hydroxyl groups is 1. The van der Waals surface area contributed by atoms with Crippen molar-refractivity contribution in [2.75, 3.05) is 18.4 Å². The Morgan fingerprint density at radius 1 is 1.33 bits per heavy atom. The van der Waals surface area contributed by atoms with E-state index in [2.05, 4.69) is 16.7 Å². The summed E-state index contributed by atoms with van der Waals surface area (Å²) in [5.41, 5.74) is 2.09. The summed E-state index contributed by atoms with van der Waals surface area (Å²) in [7, 11) is 0.